The van der Waals surface area contributed by atoms with Crippen molar-refractivity contribution in [1.82, 2.24) is 0 Å². The fourth-order valence-corrected chi connectivity index (χ4v) is 0.166. The van der Waals surface area contributed by atoms with E-state index < -0.39 is 14.5 Å². The van der Waals surface area contributed by atoms with Crippen molar-refractivity contribution in [2.24, 2.45) is 0 Å². The van der Waals surface area contributed by atoms with E-state index in [4.69, 9.17) is 0 Å². The first kappa shape index (κ1) is 8.03. The van der Waals surface area contributed by atoms with Crippen LogP contribution in [0, 0.1) is 0 Å². The number of hydrogen-bond donors (Lipinski definition) is 0. The Morgan fingerprint density at radius 2 is 1.25 bits per heavy atom. The predicted molar refractivity (Wildman–Crippen MR) is 13.0 cm³/mol. The van der Waals surface area contributed by atoms with Crippen molar-refractivity contribution in [2.45, 2.75) is 0 Å². The van der Waals surface area contributed by atoms with Gasteiger partial charge in [-0.1, -0.05) is 0 Å². The topological polar surface area (TPSA) is 44.8 Å². The van der Waals surface area contributed by atoms with Gasteiger partial charge in [-0.05, 0) is 0 Å². The molecule has 0 aromatic rings. The summed E-state index contributed by atoms with van der Waals surface area (Å²) >= 11 is -5.73. The molecule has 0 N–H and O–H groups in total. The Morgan fingerprint density at radius 1 is 1.00 bits per heavy atom. The molecule has 0 spiro atoms. The summed E-state index contributed by atoms with van der Waals surface area (Å²) in [6.07, 6.45) is 0. The molecule has 0 aromatic carbocycles. The summed E-state index contributed by atoms with van der Waals surface area (Å²) in [7, 11) is 0. The predicted octanol–water partition coefficient (Wildman–Crippen LogP) is 0.556. The van der Waals surface area contributed by atoms with E-state index in [-0.39, 0.29) is 0 Å². The monoisotopic (exact) mass is 196 g/mol. The molecule has 4 nitrogen and oxygen atoms in total. The van der Waals surface area contributed by atoms with Gasteiger partial charge in [-0.25, -0.2) is 0 Å². The van der Waals surface area contributed by atoms with Gasteiger partial charge >= 0.3 is 43.6 Å². The summed E-state index contributed by atoms with van der Waals surface area (Å²) in [5.41, 5.74) is 0. The van der Waals surface area contributed by atoms with Crippen LogP contribution in [-0.2, 0) is 15.5 Å². The standard InChI is InChI=1S/AsF3O4/c2-6-1(5,7-3)8-4. The minimum absolute atomic E-state index is 2.16. The summed E-state index contributed by atoms with van der Waals surface area (Å²) in [4.78, 5) is 0. The van der Waals surface area contributed by atoms with Gasteiger partial charge in [-0.15, -0.1) is 0 Å². The van der Waals surface area contributed by atoms with Crippen molar-refractivity contribution in [3.63, 3.8) is 0 Å². The Morgan fingerprint density at radius 3 is 1.25 bits per heavy atom. The second-order valence-corrected chi connectivity index (χ2v) is 3.40. The van der Waals surface area contributed by atoms with Crippen molar-refractivity contribution in [2.75, 3.05) is 0 Å². The van der Waals surface area contributed by atoms with E-state index in [0.29, 0.717) is 0 Å². The average Bonchev–Trinajstić information content (AvgIpc) is 1.87. The zero-order valence-corrected chi connectivity index (χ0v) is 5.09. The summed E-state index contributed by atoms with van der Waals surface area (Å²) < 4.78 is 47.8. The van der Waals surface area contributed by atoms with Gasteiger partial charge in [0.05, 0.1) is 0 Å². The molecular formula is AsF3O4. The van der Waals surface area contributed by atoms with Crippen molar-refractivity contribution in [1.29, 1.82) is 0 Å². The third-order valence-electron chi connectivity index (χ3n) is 0.254. The summed E-state index contributed by atoms with van der Waals surface area (Å²) in [5, 5.41) is 0. The van der Waals surface area contributed by atoms with Crippen LogP contribution in [0.3, 0.4) is 0 Å². The van der Waals surface area contributed by atoms with Crippen LogP contribution in [0.15, 0.2) is 0 Å². The maximum atomic E-state index is 10.6. The Bertz CT molecular complexity index is 82.4. The normalized spacial score (nSPS) is 11.9. The first-order chi connectivity index (χ1) is 3.68. The van der Waals surface area contributed by atoms with E-state index in [1.807, 2.05) is 0 Å². The summed E-state index contributed by atoms with van der Waals surface area (Å²) in [5.74, 6) is 0. The van der Waals surface area contributed by atoms with Crippen molar-refractivity contribution >= 4 is 14.5 Å². The van der Waals surface area contributed by atoms with Crippen LogP contribution < -0.4 is 0 Å². The van der Waals surface area contributed by atoms with Crippen LogP contribution >= 0.6 is 0 Å². The van der Waals surface area contributed by atoms with Gasteiger partial charge in [-0.3, -0.25) is 0 Å². The Hall–Kier alpha value is 0.0284. The SMILES string of the molecule is O=[As](OF)(OF)OF. The molecule has 0 aliphatic rings. The summed E-state index contributed by atoms with van der Waals surface area (Å²) in [6, 6.07) is 0. The summed E-state index contributed by atoms with van der Waals surface area (Å²) in [6.45, 7) is 0. The van der Waals surface area contributed by atoms with Gasteiger partial charge in [0, 0.05) is 0 Å². The zero-order valence-electron chi connectivity index (χ0n) is 3.21. The zero-order chi connectivity index (χ0) is 6.62. The third kappa shape index (κ3) is 1.87. The third-order valence-corrected chi connectivity index (χ3v) is 1.32. The quantitative estimate of drug-likeness (QED) is 0.618. The van der Waals surface area contributed by atoms with E-state index in [2.05, 4.69) is 11.8 Å². The molecular weight excluding hydrogens is 196 g/mol. The van der Waals surface area contributed by atoms with E-state index in [0.717, 1.165) is 0 Å². The molecule has 0 saturated heterocycles. The second-order valence-electron chi connectivity index (χ2n) is 0.654. The van der Waals surface area contributed by atoms with E-state index in [9.17, 15) is 17.3 Å². The average molecular weight is 196 g/mol. The molecule has 0 rings (SSSR count). The Balaban J connectivity index is 3.79. The fourth-order valence-electron chi connectivity index (χ4n) is 0.0319. The molecule has 0 unspecified atom stereocenters. The number of halogens is 3. The van der Waals surface area contributed by atoms with Crippen molar-refractivity contribution in [3.05, 3.63) is 0 Å². The van der Waals surface area contributed by atoms with Crippen LogP contribution in [0.2, 0.25) is 0 Å². The molecule has 0 bridgehead atoms. The molecule has 50 valence electrons. The molecule has 0 aromatic heterocycles. The van der Waals surface area contributed by atoms with Gasteiger partial charge in [0.15, 0.2) is 0 Å². The molecule has 0 aliphatic heterocycles. The maximum absolute atomic E-state index is 10.6. The Labute approximate surface area is 44.6 Å². The minimum atomic E-state index is -5.73. The molecule has 0 heterocycles. The first-order valence-corrected chi connectivity index (χ1v) is 4.26. The Kier molecular flexibility index (Phi) is 3.14. The van der Waals surface area contributed by atoms with Crippen LogP contribution in [0.4, 0.5) is 13.6 Å². The number of rotatable bonds is 3. The van der Waals surface area contributed by atoms with Gasteiger partial charge in [0.2, 0.25) is 0 Å². The van der Waals surface area contributed by atoms with Crippen LogP contribution in [0.25, 0.3) is 0 Å². The first-order valence-electron chi connectivity index (χ1n) is 1.19. The molecule has 0 atom stereocenters. The number of hydrogen-bond acceptors (Lipinski definition) is 4. The molecule has 0 amide bonds. The van der Waals surface area contributed by atoms with Crippen LogP contribution in [0.1, 0.15) is 0 Å². The van der Waals surface area contributed by atoms with Gasteiger partial charge in [-0.2, -0.15) is 0 Å². The van der Waals surface area contributed by atoms with Crippen LogP contribution in [0.5, 0.6) is 0 Å². The van der Waals surface area contributed by atoms with Gasteiger partial charge < -0.3 is 0 Å². The molecule has 8 heavy (non-hydrogen) atoms. The van der Waals surface area contributed by atoms with Gasteiger partial charge in [0.25, 0.3) is 0 Å². The molecule has 0 saturated carbocycles. The second kappa shape index (κ2) is 3.13. The fraction of sp³-hybridized carbons (Fsp3) is 0. The molecule has 8 heteroatoms. The molecule has 0 fully saturated rings. The van der Waals surface area contributed by atoms with E-state index in [1.165, 1.54) is 0 Å². The van der Waals surface area contributed by atoms with Crippen molar-refractivity contribution in [3.8, 4) is 0 Å². The van der Waals surface area contributed by atoms with E-state index >= 15 is 0 Å². The van der Waals surface area contributed by atoms with Gasteiger partial charge in [0.1, 0.15) is 0 Å². The van der Waals surface area contributed by atoms with Crippen LogP contribution in [-0.4, -0.2) is 14.5 Å². The van der Waals surface area contributed by atoms with Crippen molar-refractivity contribution < 1.29 is 29.1 Å². The molecule has 0 aliphatic carbocycles. The molecule has 0 radical (unpaired) electrons. The van der Waals surface area contributed by atoms with E-state index in [1.54, 1.807) is 0 Å².